The lowest BCUT2D eigenvalue weighted by Gasteiger charge is -2.32. The maximum Gasteiger partial charge on any atom is 0.321 e. The molecule has 2 amide bonds. The highest BCUT2D eigenvalue weighted by Crippen LogP contribution is 2.28. The lowest BCUT2D eigenvalue weighted by Crippen LogP contribution is -2.41. The molecule has 4 heterocycles. The number of anilines is 2. The molecule has 1 unspecified atom stereocenters. The Balaban J connectivity index is 1.35. The van der Waals surface area contributed by atoms with Crippen molar-refractivity contribution in [2.24, 2.45) is 0 Å². The summed E-state index contributed by atoms with van der Waals surface area (Å²) in [6.45, 7) is 1.84. The molecule has 8 nitrogen and oxygen atoms in total. The summed E-state index contributed by atoms with van der Waals surface area (Å²) >= 11 is 0. The van der Waals surface area contributed by atoms with Crippen molar-refractivity contribution in [3.63, 3.8) is 0 Å². The molecular weight excluding hydrogens is 432 g/mol. The van der Waals surface area contributed by atoms with Gasteiger partial charge in [-0.3, -0.25) is 4.98 Å². The molecule has 1 aliphatic rings. The molecule has 1 atom stereocenters. The Morgan fingerprint density at radius 2 is 2.06 bits per heavy atom. The summed E-state index contributed by atoms with van der Waals surface area (Å²) in [5.74, 6) is 0.622. The predicted molar refractivity (Wildman–Crippen MR) is 132 cm³/mol. The lowest BCUT2D eigenvalue weighted by atomic mass is 9.94. The smallest absolute Gasteiger partial charge is 0.321 e. The molecule has 0 radical (unpaired) electrons. The average molecular weight is 457 g/mol. The molecule has 172 valence electrons. The fourth-order valence-electron chi connectivity index (χ4n) is 4.26. The number of urea groups is 1. The molecule has 1 aliphatic heterocycles. The number of nitrogens with zero attached hydrogens (tertiary/aromatic N) is 5. The molecular formula is C24H25BFN7O. The van der Waals surface area contributed by atoms with E-state index >= 15 is 0 Å². The largest absolute Gasteiger partial charge is 0.366 e. The van der Waals surface area contributed by atoms with Gasteiger partial charge in [0.05, 0.1) is 5.69 Å². The van der Waals surface area contributed by atoms with Gasteiger partial charge in [-0.2, -0.15) is 9.61 Å². The van der Waals surface area contributed by atoms with Gasteiger partial charge in [0.2, 0.25) is 0 Å². The van der Waals surface area contributed by atoms with Gasteiger partial charge in [-0.25, -0.2) is 14.2 Å². The standard InChI is InChI=1S/C24H25BFN7O/c25-20-14-29-33-22(28-13-16-3-1-9-27-12-16)11-21(31-23(20)33)17-4-2-10-32(15-17)24(34)30-19-7-5-18(26)6-8-19/h1,3,5-9,11-12,14,17,28H,2,4,10,13,15,25H2,(H,30,34). The first-order valence-corrected chi connectivity index (χ1v) is 11.4. The topological polar surface area (TPSA) is 87.5 Å². The quantitative estimate of drug-likeness (QED) is 0.450. The Labute approximate surface area is 197 Å². The second-order valence-electron chi connectivity index (χ2n) is 8.57. The van der Waals surface area contributed by atoms with Crippen molar-refractivity contribution in [3.05, 3.63) is 78.1 Å². The van der Waals surface area contributed by atoms with E-state index in [9.17, 15) is 9.18 Å². The van der Waals surface area contributed by atoms with E-state index in [0.29, 0.717) is 25.3 Å². The van der Waals surface area contributed by atoms with E-state index in [1.165, 1.54) is 12.1 Å². The van der Waals surface area contributed by atoms with Gasteiger partial charge in [-0.05, 0) is 54.2 Å². The number of nitrogens with one attached hydrogen (secondary N) is 2. The predicted octanol–water partition coefficient (Wildman–Crippen LogP) is 2.55. The number of piperidine rings is 1. The molecule has 0 spiro atoms. The van der Waals surface area contributed by atoms with Crippen molar-refractivity contribution in [1.29, 1.82) is 0 Å². The molecule has 0 bridgehead atoms. The highest BCUT2D eigenvalue weighted by molar-refractivity contribution is 6.36. The first-order valence-electron chi connectivity index (χ1n) is 11.4. The summed E-state index contributed by atoms with van der Waals surface area (Å²) in [6, 6.07) is 11.6. The van der Waals surface area contributed by atoms with Gasteiger partial charge in [-0.1, -0.05) is 6.07 Å². The normalized spacial score (nSPS) is 15.9. The van der Waals surface area contributed by atoms with E-state index in [1.807, 2.05) is 43.0 Å². The molecule has 2 N–H and O–H groups in total. The second-order valence-corrected chi connectivity index (χ2v) is 8.57. The van der Waals surface area contributed by atoms with Crippen LogP contribution in [0.3, 0.4) is 0 Å². The minimum absolute atomic E-state index is 0.103. The minimum Gasteiger partial charge on any atom is -0.366 e. The third-order valence-electron chi connectivity index (χ3n) is 6.09. The number of likely N-dealkylation sites (tertiary alicyclic amines) is 1. The van der Waals surface area contributed by atoms with E-state index in [2.05, 4.69) is 20.7 Å². The molecule has 10 heteroatoms. The monoisotopic (exact) mass is 457 g/mol. The second kappa shape index (κ2) is 9.50. The van der Waals surface area contributed by atoms with Gasteiger partial charge in [0.1, 0.15) is 19.5 Å². The molecule has 5 rings (SSSR count). The molecule has 1 saturated heterocycles. The zero-order valence-electron chi connectivity index (χ0n) is 18.9. The number of carbonyl (C=O) groups excluding carboxylic acids is 1. The summed E-state index contributed by atoms with van der Waals surface area (Å²) < 4.78 is 15.0. The molecule has 1 fully saturated rings. The van der Waals surface area contributed by atoms with Crippen LogP contribution >= 0.6 is 0 Å². The Bertz CT molecular complexity index is 1300. The third kappa shape index (κ3) is 4.71. The van der Waals surface area contributed by atoms with Crippen molar-refractivity contribution in [2.75, 3.05) is 23.7 Å². The van der Waals surface area contributed by atoms with E-state index in [1.54, 1.807) is 23.2 Å². The van der Waals surface area contributed by atoms with Crippen molar-refractivity contribution < 1.29 is 9.18 Å². The number of halogens is 1. The Morgan fingerprint density at radius 1 is 1.21 bits per heavy atom. The van der Waals surface area contributed by atoms with Gasteiger partial charge < -0.3 is 15.5 Å². The summed E-state index contributed by atoms with van der Waals surface area (Å²) in [4.78, 5) is 23.7. The highest BCUT2D eigenvalue weighted by Gasteiger charge is 2.27. The van der Waals surface area contributed by atoms with Crippen LogP contribution in [0.4, 0.5) is 20.7 Å². The number of pyridine rings is 1. The minimum atomic E-state index is -0.333. The number of amides is 2. The van der Waals surface area contributed by atoms with E-state index in [-0.39, 0.29) is 17.8 Å². The van der Waals surface area contributed by atoms with Crippen LogP contribution < -0.4 is 16.1 Å². The fourth-order valence-corrected chi connectivity index (χ4v) is 4.26. The number of rotatable bonds is 5. The van der Waals surface area contributed by atoms with Crippen LogP contribution in [0.5, 0.6) is 0 Å². The van der Waals surface area contributed by atoms with E-state index < -0.39 is 0 Å². The lowest BCUT2D eigenvalue weighted by molar-refractivity contribution is 0.192. The average Bonchev–Trinajstić information content (AvgIpc) is 3.25. The summed E-state index contributed by atoms with van der Waals surface area (Å²) in [6.07, 6.45) is 7.22. The Hall–Kier alpha value is -3.95. The Kier molecular flexibility index (Phi) is 6.11. The van der Waals surface area contributed by atoms with Gasteiger partial charge in [0.25, 0.3) is 0 Å². The molecule has 1 aromatic carbocycles. The van der Waals surface area contributed by atoms with Crippen molar-refractivity contribution in [1.82, 2.24) is 24.5 Å². The third-order valence-corrected chi connectivity index (χ3v) is 6.09. The summed E-state index contributed by atoms with van der Waals surface area (Å²) in [5.41, 5.74) is 4.38. The molecule has 0 saturated carbocycles. The van der Waals surface area contributed by atoms with Crippen LogP contribution in [-0.4, -0.2) is 51.4 Å². The summed E-state index contributed by atoms with van der Waals surface area (Å²) in [5, 5.41) is 10.8. The highest BCUT2D eigenvalue weighted by atomic mass is 19.1. The van der Waals surface area contributed by atoms with Crippen LogP contribution in [0.2, 0.25) is 0 Å². The number of hydrogen-bond acceptors (Lipinski definition) is 5. The molecule has 0 aliphatic carbocycles. The van der Waals surface area contributed by atoms with Crippen LogP contribution in [0.25, 0.3) is 5.65 Å². The van der Waals surface area contributed by atoms with Crippen molar-refractivity contribution in [2.45, 2.75) is 25.3 Å². The van der Waals surface area contributed by atoms with E-state index in [0.717, 1.165) is 41.0 Å². The molecule has 4 aromatic rings. The van der Waals surface area contributed by atoms with Crippen LogP contribution in [-0.2, 0) is 6.54 Å². The van der Waals surface area contributed by atoms with Crippen molar-refractivity contribution >= 4 is 36.5 Å². The van der Waals surface area contributed by atoms with Crippen LogP contribution in [0.1, 0.15) is 30.0 Å². The first kappa shape index (κ1) is 21.9. The van der Waals surface area contributed by atoms with Gasteiger partial charge in [0.15, 0.2) is 5.65 Å². The van der Waals surface area contributed by atoms with Gasteiger partial charge in [0, 0.05) is 55.9 Å². The zero-order chi connectivity index (χ0) is 23.5. The maximum absolute atomic E-state index is 13.2. The van der Waals surface area contributed by atoms with Crippen molar-refractivity contribution in [3.8, 4) is 0 Å². The SMILES string of the molecule is Bc1cnn2c(NCc3cccnc3)cc(C3CCCN(C(=O)Nc4ccc(F)cc4)C3)nc12. The first-order chi connectivity index (χ1) is 16.6. The summed E-state index contributed by atoms with van der Waals surface area (Å²) in [7, 11) is 1.99. The zero-order valence-corrected chi connectivity index (χ0v) is 18.9. The number of benzene rings is 1. The number of hydrogen-bond donors (Lipinski definition) is 2. The molecule has 34 heavy (non-hydrogen) atoms. The number of aromatic nitrogens is 4. The van der Waals surface area contributed by atoms with E-state index in [4.69, 9.17) is 4.98 Å². The molecule has 3 aromatic heterocycles. The van der Waals surface area contributed by atoms with Crippen LogP contribution in [0, 0.1) is 5.82 Å². The van der Waals surface area contributed by atoms with Gasteiger partial charge >= 0.3 is 6.03 Å². The fraction of sp³-hybridized carbons (Fsp3) is 0.250. The Morgan fingerprint density at radius 3 is 2.85 bits per heavy atom. The number of fused-ring (bicyclic) bond motifs is 1. The number of carbonyl (C=O) groups is 1. The maximum atomic E-state index is 13.2. The van der Waals surface area contributed by atoms with Gasteiger partial charge in [-0.15, -0.1) is 0 Å². The van der Waals surface area contributed by atoms with Crippen LogP contribution in [0.15, 0.2) is 61.1 Å².